The minimum absolute atomic E-state index is 0.274. The summed E-state index contributed by atoms with van der Waals surface area (Å²) >= 11 is 0. The Labute approximate surface area is 125 Å². The van der Waals surface area contributed by atoms with E-state index in [1.807, 2.05) is 63.2 Å². The largest absolute Gasteiger partial charge is 0.368 e. The molecular formula is C17H20N4. The Hall–Kier alpha value is -2.62. The minimum atomic E-state index is 0.274. The number of hydrazone groups is 1. The maximum Gasteiger partial charge on any atom is 0.214 e. The van der Waals surface area contributed by atoms with Gasteiger partial charge in [-0.3, -0.25) is 0 Å². The van der Waals surface area contributed by atoms with Crippen LogP contribution in [-0.4, -0.2) is 12.2 Å². The van der Waals surface area contributed by atoms with Crippen LogP contribution in [0.25, 0.3) is 0 Å². The smallest absolute Gasteiger partial charge is 0.214 e. The molecule has 108 valence electrons. The molecule has 3 N–H and O–H groups in total. The third-order valence-corrected chi connectivity index (χ3v) is 3.14. The van der Waals surface area contributed by atoms with E-state index >= 15 is 0 Å². The molecule has 4 heteroatoms. The standard InChI is InChI=1S/C17H20N4/c1-12-7-9-15(10-8-12)11-19-21-17(18)20-16-13(2)5-4-6-14(16)3/h4-11H,1-3H3,(H3,18,20,21)/b19-11+. The van der Waals surface area contributed by atoms with Crippen LogP contribution in [0.2, 0.25) is 0 Å². The van der Waals surface area contributed by atoms with Crippen molar-refractivity contribution in [3.05, 3.63) is 64.7 Å². The zero-order chi connectivity index (χ0) is 15.2. The third-order valence-electron chi connectivity index (χ3n) is 3.14. The number of hydrogen-bond acceptors (Lipinski definition) is 2. The molecule has 2 rings (SSSR count). The number of guanidine groups is 1. The van der Waals surface area contributed by atoms with Crippen molar-refractivity contribution in [3.63, 3.8) is 0 Å². The predicted molar refractivity (Wildman–Crippen MR) is 89.1 cm³/mol. The van der Waals surface area contributed by atoms with Gasteiger partial charge in [0.25, 0.3) is 0 Å². The molecule has 21 heavy (non-hydrogen) atoms. The van der Waals surface area contributed by atoms with Crippen molar-refractivity contribution in [2.45, 2.75) is 20.8 Å². The monoisotopic (exact) mass is 280 g/mol. The fourth-order valence-corrected chi connectivity index (χ4v) is 1.95. The molecule has 0 atom stereocenters. The molecule has 0 radical (unpaired) electrons. The van der Waals surface area contributed by atoms with Crippen molar-refractivity contribution in [1.82, 2.24) is 5.43 Å². The Bertz CT molecular complexity index is 649. The van der Waals surface area contributed by atoms with E-state index in [4.69, 9.17) is 5.73 Å². The molecule has 4 nitrogen and oxygen atoms in total. The lowest BCUT2D eigenvalue weighted by Gasteiger charge is -2.05. The van der Waals surface area contributed by atoms with E-state index in [1.54, 1.807) is 6.21 Å². The van der Waals surface area contributed by atoms with Gasteiger partial charge in [0.05, 0.1) is 11.9 Å². The molecule has 0 saturated heterocycles. The van der Waals surface area contributed by atoms with Crippen LogP contribution in [0.4, 0.5) is 5.69 Å². The molecule has 0 unspecified atom stereocenters. The number of aliphatic imine (C=N–C) groups is 1. The van der Waals surface area contributed by atoms with Crippen LogP contribution < -0.4 is 11.2 Å². The summed E-state index contributed by atoms with van der Waals surface area (Å²) in [6, 6.07) is 14.1. The Morgan fingerprint density at radius 1 is 1.00 bits per heavy atom. The molecule has 0 saturated carbocycles. The molecule has 0 heterocycles. The summed E-state index contributed by atoms with van der Waals surface area (Å²) < 4.78 is 0. The van der Waals surface area contributed by atoms with Crippen molar-refractivity contribution in [1.29, 1.82) is 0 Å². The Morgan fingerprint density at radius 2 is 1.62 bits per heavy atom. The fraction of sp³-hybridized carbons (Fsp3) is 0.176. The first-order valence-electron chi connectivity index (χ1n) is 6.82. The number of hydrogen-bond donors (Lipinski definition) is 2. The number of nitrogens with two attached hydrogens (primary N) is 1. The second-order valence-electron chi connectivity index (χ2n) is 5.02. The second kappa shape index (κ2) is 6.70. The summed E-state index contributed by atoms with van der Waals surface area (Å²) in [6.45, 7) is 6.07. The molecular weight excluding hydrogens is 260 g/mol. The normalized spacial score (nSPS) is 11.9. The van der Waals surface area contributed by atoms with Crippen molar-refractivity contribution in [2.75, 3.05) is 0 Å². The third kappa shape index (κ3) is 4.18. The molecule has 0 aliphatic heterocycles. The second-order valence-corrected chi connectivity index (χ2v) is 5.02. The van der Waals surface area contributed by atoms with Crippen LogP contribution in [0.15, 0.2) is 52.6 Å². The molecule has 0 aliphatic carbocycles. The van der Waals surface area contributed by atoms with E-state index < -0.39 is 0 Å². The molecule has 0 amide bonds. The van der Waals surface area contributed by atoms with E-state index in [9.17, 15) is 0 Å². The van der Waals surface area contributed by atoms with Crippen molar-refractivity contribution in [3.8, 4) is 0 Å². The quantitative estimate of drug-likeness (QED) is 0.515. The molecule has 0 spiro atoms. The van der Waals surface area contributed by atoms with Gasteiger partial charge >= 0.3 is 0 Å². The van der Waals surface area contributed by atoms with Crippen molar-refractivity contribution in [2.24, 2.45) is 15.8 Å². The van der Waals surface area contributed by atoms with Crippen LogP contribution in [-0.2, 0) is 0 Å². The summed E-state index contributed by atoms with van der Waals surface area (Å²) in [5, 5.41) is 4.10. The summed E-state index contributed by atoms with van der Waals surface area (Å²) in [4.78, 5) is 4.37. The molecule has 0 bridgehead atoms. The molecule has 0 aromatic heterocycles. The van der Waals surface area contributed by atoms with E-state index in [-0.39, 0.29) is 5.96 Å². The van der Waals surface area contributed by atoms with Crippen LogP contribution >= 0.6 is 0 Å². The first kappa shape index (κ1) is 14.8. The lowest BCUT2D eigenvalue weighted by Crippen LogP contribution is -2.27. The van der Waals surface area contributed by atoms with E-state index in [2.05, 4.69) is 15.5 Å². The van der Waals surface area contributed by atoms with Crippen LogP contribution in [0.3, 0.4) is 0 Å². The van der Waals surface area contributed by atoms with Gasteiger partial charge in [-0.1, -0.05) is 48.0 Å². The number of rotatable bonds is 3. The van der Waals surface area contributed by atoms with Gasteiger partial charge in [0, 0.05) is 0 Å². The highest BCUT2D eigenvalue weighted by molar-refractivity contribution is 5.84. The van der Waals surface area contributed by atoms with Gasteiger partial charge in [-0.2, -0.15) is 5.10 Å². The average Bonchev–Trinajstić information content (AvgIpc) is 2.45. The fourth-order valence-electron chi connectivity index (χ4n) is 1.95. The predicted octanol–water partition coefficient (Wildman–Crippen LogP) is 3.18. The van der Waals surface area contributed by atoms with Crippen LogP contribution in [0.1, 0.15) is 22.3 Å². The molecule has 2 aromatic carbocycles. The van der Waals surface area contributed by atoms with E-state index in [0.29, 0.717) is 0 Å². The Morgan fingerprint density at radius 3 is 2.24 bits per heavy atom. The highest BCUT2D eigenvalue weighted by Crippen LogP contribution is 2.22. The SMILES string of the molecule is Cc1ccc(/C=N/N/C(N)=N/c2c(C)cccc2C)cc1. The van der Waals surface area contributed by atoms with Crippen LogP contribution in [0.5, 0.6) is 0 Å². The summed E-state index contributed by atoms with van der Waals surface area (Å²) in [6.07, 6.45) is 1.71. The highest BCUT2D eigenvalue weighted by Gasteiger charge is 2.00. The number of aryl methyl sites for hydroxylation is 3. The van der Waals surface area contributed by atoms with Gasteiger partial charge in [-0.05, 0) is 37.5 Å². The Balaban J connectivity index is 2.06. The van der Waals surface area contributed by atoms with Gasteiger partial charge in [-0.15, -0.1) is 0 Å². The van der Waals surface area contributed by atoms with Gasteiger partial charge in [0.15, 0.2) is 0 Å². The minimum Gasteiger partial charge on any atom is -0.368 e. The average molecular weight is 280 g/mol. The number of nitrogens with zero attached hydrogens (tertiary/aromatic N) is 2. The first-order valence-corrected chi connectivity index (χ1v) is 6.82. The van der Waals surface area contributed by atoms with Gasteiger partial charge < -0.3 is 5.73 Å². The maximum atomic E-state index is 5.86. The Kier molecular flexibility index (Phi) is 4.72. The first-order chi connectivity index (χ1) is 10.1. The van der Waals surface area contributed by atoms with E-state index in [0.717, 1.165) is 22.4 Å². The number of benzene rings is 2. The lowest BCUT2D eigenvalue weighted by atomic mass is 10.1. The number of para-hydroxylation sites is 1. The maximum absolute atomic E-state index is 5.86. The zero-order valence-electron chi connectivity index (χ0n) is 12.6. The van der Waals surface area contributed by atoms with Gasteiger partial charge in [-0.25, -0.2) is 10.4 Å². The summed E-state index contributed by atoms with van der Waals surface area (Å²) in [5.74, 6) is 0.274. The lowest BCUT2D eigenvalue weighted by molar-refractivity contribution is 1.01. The summed E-state index contributed by atoms with van der Waals surface area (Å²) in [7, 11) is 0. The van der Waals surface area contributed by atoms with Crippen LogP contribution in [0, 0.1) is 20.8 Å². The van der Waals surface area contributed by atoms with Gasteiger partial charge in [0.1, 0.15) is 0 Å². The molecule has 0 fully saturated rings. The van der Waals surface area contributed by atoms with Gasteiger partial charge in [0.2, 0.25) is 5.96 Å². The summed E-state index contributed by atoms with van der Waals surface area (Å²) in [5.41, 5.74) is 13.9. The highest BCUT2D eigenvalue weighted by atomic mass is 15.3. The zero-order valence-corrected chi connectivity index (χ0v) is 12.6. The topological polar surface area (TPSA) is 62.8 Å². The van der Waals surface area contributed by atoms with Crippen molar-refractivity contribution >= 4 is 17.9 Å². The number of nitrogens with one attached hydrogen (secondary N) is 1. The molecule has 0 aliphatic rings. The molecule has 2 aromatic rings. The van der Waals surface area contributed by atoms with E-state index in [1.165, 1.54) is 5.56 Å². The van der Waals surface area contributed by atoms with Crippen molar-refractivity contribution < 1.29 is 0 Å².